The number of hydrogen-bond acceptors (Lipinski definition) is 3. The molecular weight excluding hydrogens is 318 g/mol. The van der Waals surface area contributed by atoms with Crippen LogP contribution in [0, 0.1) is 0 Å². The Bertz CT molecular complexity index is 615. The summed E-state index contributed by atoms with van der Waals surface area (Å²) in [6.07, 6.45) is 0. The molecule has 1 atom stereocenters. The largest absolute Gasteiger partial charge is 0.454 e. The van der Waals surface area contributed by atoms with Crippen LogP contribution in [0.1, 0.15) is 24.1 Å². The first kappa shape index (κ1) is 13.5. The Morgan fingerprint density at radius 1 is 1.20 bits per heavy atom. The molecular formula is C16H16BrNO2. The number of hydrogen-bond donors (Lipinski definition) is 1. The maximum Gasteiger partial charge on any atom is 0.231 e. The van der Waals surface area contributed by atoms with Crippen LogP contribution in [0.2, 0.25) is 0 Å². The van der Waals surface area contributed by atoms with E-state index in [1.807, 2.05) is 18.2 Å². The lowest BCUT2D eigenvalue weighted by molar-refractivity contribution is 0.173. The van der Waals surface area contributed by atoms with Gasteiger partial charge in [0.15, 0.2) is 11.5 Å². The van der Waals surface area contributed by atoms with Crippen molar-refractivity contribution in [2.45, 2.75) is 19.5 Å². The molecule has 2 aromatic carbocycles. The second-order valence-corrected chi connectivity index (χ2v) is 5.72. The van der Waals surface area contributed by atoms with Gasteiger partial charge in [0.05, 0.1) is 0 Å². The molecule has 1 N–H and O–H groups in total. The monoisotopic (exact) mass is 333 g/mol. The molecule has 3 nitrogen and oxygen atoms in total. The average Bonchev–Trinajstić information content (AvgIpc) is 2.93. The second kappa shape index (κ2) is 5.85. The molecule has 104 valence electrons. The fourth-order valence-corrected chi connectivity index (χ4v) is 2.70. The first-order valence-corrected chi connectivity index (χ1v) is 7.39. The molecule has 0 radical (unpaired) electrons. The molecule has 0 unspecified atom stereocenters. The molecule has 0 saturated heterocycles. The summed E-state index contributed by atoms with van der Waals surface area (Å²) in [4.78, 5) is 0. The second-order valence-electron chi connectivity index (χ2n) is 4.81. The van der Waals surface area contributed by atoms with Crippen LogP contribution in [0.4, 0.5) is 0 Å². The van der Waals surface area contributed by atoms with Gasteiger partial charge in [-0.25, -0.2) is 0 Å². The molecule has 0 aromatic heterocycles. The van der Waals surface area contributed by atoms with Crippen molar-refractivity contribution in [3.63, 3.8) is 0 Å². The van der Waals surface area contributed by atoms with Gasteiger partial charge in [-0.15, -0.1) is 0 Å². The molecule has 20 heavy (non-hydrogen) atoms. The van der Waals surface area contributed by atoms with E-state index < -0.39 is 0 Å². The van der Waals surface area contributed by atoms with Crippen LogP contribution in [0.15, 0.2) is 46.9 Å². The lowest BCUT2D eigenvalue weighted by Crippen LogP contribution is -2.18. The lowest BCUT2D eigenvalue weighted by atomic mass is 10.1. The molecule has 0 saturated carbocycles. The van der Waals surface area contributed by atoms with Crippen molar-refractivity contribution < 1.29 is 9.47 Å². The van der Waals surface area contributed by atoms with Crippen LogP contribution >= 0.6 is 15.9 Å². The normalized spacial score (nSPS) is 14.3. The van der Waals surface area contributed by atoms with E-state index in [2.05, 4.69) is 52.4 Å². The van der Waals surface area contributed by atoms with Gasteiger partial charge in [0, 0.05) is 22.6 Å². The molecule has 3 rings (SSSR count). The Morgan fingerprint density at radius 3 is 2.90 bits per heavy atom. The highest BCUT2D eigenvalue weighted by atomic mass is 79.9. The summed E-state index contributed by atoms with van der Waals surface area (Å²) in [5.41, 5.74) is 2.38. The molecule has 0 amide bonds. The summed E-state index contributed by atoms with van der Waals surface area (Å²) in [7, 11) is 0. The number of fused-ring (bicyclic) bond motifs is 1. The summed E-state index contributed by atoms with van der Waals surface area (Å²) in [5, 5.41) is 3.52. The number of para-hydroxylation sites is 1. The van der Waals surface area contributed by atoms with Gasteiger partial charge in [-0.3, -0.25) is 0 Å². The van der Waals surface area contributed by atoms with E-state index in [1.54, 1.807) is 0 Å². The van der Waals surface area contributed by atoms with E-state index in [1.165, 1.54) is 5.56 Å². The van der Waals surface area contributed by atoms with E-state index in [4.69, 9.17) is 9.47 Å². The van der Waals surface area contributed by atoms with Crippen LogP contribution in [-0.2, 0) is 6.54 Å². The fraction of sp³-hybridized carbons (Fsp3) is 0.250. The van der Waals surface area contributed by atoms with Gasteiger partial charge >= 0.3 is 0 Å². The Balaban J connectivity index is 1.69. The van der Waals surface area contributed by atoms with Gasteiger partial charge in [0.1, 0.15) is 0 Å². The molecule has 0 bridgehead atoms. The van der Waals surface area contributed by atoms with Crippen LogP contribution in [0.25, 0.3) is 0 Å². The highest BCUT2D eigenvalue weighted by molar-refractivity contribution is 9.10. The van der Waals surface area contributed by atoms with Crippen molar-refractivity contribution in [1.29, 1.82) is 0 Å². The zero-order valence-corrected chi connectivity index (χ0v) is 12.8. The summed E-state index contributed by atoms with van der Waals surface area (Å²) >= 11 is 3.50. The van der Waals surface area contributed by atoms with Crippen molar-refractivity contribution in [1.82, 2.24) is 5.32 Å². The molecule has 2 aromatic rings. The number of rotatable bonds is 4. The van der Waals surface area contributed by atoms with Crippen molar-refractivity contribution in [2.75, 3.05) is 6.79 Å². The molecule has 1 aliphatic heterocycles. The summed E-state index contributed by atoms with van der Waals surface area (Å²) in [5.74, 6) is 1.70. The average molecular weight is 334 g/mol. The Hall–Kier alpha value is -1.52. The standard InChI is InChI=1S/C16H16BrNO2/c1-11(12-4-2-6-14(17)8-12)18-9-13-5-3-7-15-16(13)20-10-19-15/h2-8,11,18H,9-10H2,1H3/t11-/m0/s1. The van der Waals surface area contributed by atoms with Crippen LogP contribution in [0.5, 0.6) is 11.5 Å². The Kier molecular flexibility index (Phi) is 3.94. The van der Waals surface area contributed by atoms with E-state index in [0.717, 1.165) is 28.1 Å². The zero-order valence-electron chi connectivity index (χ0n) is 11.2. The maximum atomic E-state index is 5.52. The third-order valence-electron chi connectivity index (χ3n) is 3.43. The molecule has 0 spiro atoms. The van der Waals surface area contributed by atoms with Crippen molar-refractivity contribution in [2.24, 2.45) is 0 Å². The van der Waals surface area contributed by atoms with Gasteiger partial charge in [-0.05, 0) is 30.7 Å². The molecule has 0 aliphatic carbocycles. The minimum absolute atomic E-state index is 0.269. The first-order chi connectivity index (χ1) is 9.74. The summed E-state index contributed by atoms with van der Waals surface area (Å²) in [6.45, 7) is 3.22. The predicted molar refractivity (Wildman–Crippen MR) is 82.0 cm³/mol. The third-order valence-corrected chi connectivity index (χ3v) is 3.92. The van der Waals surface area contributed by atoms with Crippen molar-refractivity contribution in [3.05, 3.63) is 58.1 Å². The van der Waals surface area contributed by atoms with Crippen LogP contribution in [-0.4, -0.2) is 6.79 Å². The minimum Gasteiger partial charge on any atom is -0.454 e. The number of nitrogens with one attached hydrogen (secondary N) is 1. The Morgan fingerprint density at radius 2 is 2.05 bits per heavy atom. The van der Waals surface area contributed by atoms with Gasteiger partial charge in [0.25, 0.3) is 0 Å². The highest BCUT2D eigenvalue weighted by Crippen LogP contribution is 2.35. The van der Waals surface area contributed by atoms with Gasteiger partial charge in [-0.1, -0.05) is 40.2 Å². The molecule has 1 aliphatic rings. The van der Waals surface area contributed by atoms with E-state index >= 15 is 0 Å². The van der Waals surface area contributed by atoms with Gasteiger partial charge < -0.3 is 14.8 Å². The van der Waals surface area contributed by atoms with E-state index in [0.29, 0.717) is 6.79 Å². The SMILES string of the molecule is C[C@H](NCc1cccc2c1OCO2)c1cccc(Br)c1. The highest BCUT2D eigenvalue weighted by Gasteiger charge is 2.17. The van der Waals surface area contributed by atoms with Gasteiger partial charge in [0.2, 0.25) is 6.79 Å². The van der Waals surface area contributed by atoms with E-state index in [-0.39, 0.29) is 6.04 Å². The van der Waals surface area contributed by atoms with Crippen LogP contribution < -0.4 is 14.8 Å². The topological polar surface area (TPSA) is 30.5 Å². The molecule has 4 heteroatoms. The third kappa shape index (κ3) is 2.81. The number of ether oxygens (including phenoxy) is 2. The van der Waals surface area contributed by atoms with Crippen LogP contribution in [0.3, 0.4) is 0 Å². The molecule has 0 fully saturated rings. The lowest BCUT2D eigenvalue weighted by Gasteiger charge is -2.15. The predicted octanol–water partition coefficient (Wildman–Crippen LogP) is 4.03. The minimum atomic E-state index is 0.269. The number of benzene rings is 2. The quantitative estimate of drug-likeness (QED) is 0.916. The zero-order chi connectivity index (χ0) is 13.9. The van der Waals surface area contributed by atoms with E-state index in [9.17, 15) is 0 Å². The van der Waals surface area contributed by atoms with Crippen molar-refractivity contribution in [3.8, 4) is 11.5 Å². The molecule has 1 heterocycles. The first-order valence-electron chi connectivity index (χ1n) is 6.60. The number of halogens is 1. The Labute approximate surface area is 127 Å². The summed E-state index contributed by atoms with van der Waals surface area (Å²) < 4.78 is 12.0. The summed E-state index contributed by atoms with van der Waals surface area (Å²) in [6, 6.07) is 14.6. The maximum absolute atomic E-state index is 5.52. The fourth-order valence-electron chi connectivity index (χ4n) is 2.29. The van der Waals surface area contributed by atoms with Crippen molar-refractivity contribution >= 4 is 15.9 Å². The smallest absolute Gasteiger partial charge is 0.231 e. The van der Waals surface area contributed by atoms with Gasteiger partial charge in [-0.2, -0.15) is 0 Å².